The second-order valence-corrected chi connectivity index (χ2v) is 6.30. The topological polar surface area (TPSA) is 42.0 Å². The number of carbonyl (C=O) groups is 1. The molecule has 0 saturated carbocycles. The smallest absolute Gasteiger partial charge is 0.252 e. The van der Waals surface area contributed by atoms with Crippen molar-refractivity contribution in [2.75, 3.05) is 0 Å². The van der Waals surface area contributed by atoms with Crippen molar-refractivity contribution in [1.82, 2.24) is 10.3 Å². The summed E-state index contributed by atoms with van der Waals surface area (Å²) in [5.74, 6) is -0.0142. The summed E-state index contributed by atoms with van der Waals surface area (Å²) in [6.07, 6.45) is 0. The van der Waals surface area contributed by atoms with Crippen LogP contribution >= 0.6 is 22.7 Å². The number of aryl methyl sites for hydroxylation is 3. The van der Waals surface area contributed by atoms with E-state index in [-0.39, 0.29) is 5.91 Å². The highest BCUT2D eigenvalue weighted by Gasteiger charge is 2.11. The van der Waals surface area contributed by atoms with Gasteiger partial charge in [0.25, 0.3) is 5.91 Å². The Morgan fingerprint density at radius 2 is 2.18 bits per heavy atom. The Balaban J connectivity index is 2.00. The number of aromatic nitrogens is 1. The van der Waals surface area contributed by atoms with Gasteiger partial charge in [0.15, 0.2) is 0 Å². The highest BCUT2D eigenvalue weighted by molar-refractivity contribution is 7.12. The van der Waals surface area contributed by atoms with Crippen molar-refractivity contribution in [2.45, 2.75) is 27.3 Å². The van der Waals surface area contributed by atoms with Crippen LogP contribution in [0.1, 0.15) is 30.8 Å². The van der Waals surface area contributed by atoms with Crippen LogP contribution < -0.4 is 5.32 Å². The van der Waals surface area contributed by atoms with Crippen molar-refractivity contribution >= 4 is 28.6 Å². The zero-order valence-electron chi connectivity index (χ0n) is 10.0. The average molecular weight is 266 g/mol. The molecule has 2 aromatic heterocycles. The molecule has 0 fully saturated rings. The summed E-state index contributed by atoms with van der Waals surface area (Å²) >= 11 is 3.22. The molecule has 0 aliphatic heterocycles. The minimum absolute atomic E-state index is 0.0142. The fourth-order valence-electron chi connectivity index (χ4n) is 1.59. The van der Waals surface area contributed by atoms with Crippen LogP contribution in [0.25, 0.3) is 0 Å². The molecule has 2 rings (SSSR count). The number of nitrogens with zero attached hydrogens (tertiary/aromatic N) is 1. The minimum atomic E-state index is -0.0142. The molecule has 0 aliphatic carbocycles. The van der Waals surface area contributed by atoms with Gasteiger partial charge in [-0.25, -0.2) is 4.98 Å². The third-order valence-electron chi connectivity index (χ3n) is 2.35. The van der Waals surface area contributed by atoms with Crippen molar-refractivity contribution in [3.63, 3.8) is 0 Å². The average Bonchev–Trinajstić information content (AvgIpc) is 2.81. The predicted octanol–water partition coefficient (Wildman–Crippen LogP) is 3.06. The molecule has 90 valence electrons. The second-order valence-electron chi connectivity index (χ2n) is 3.89. The van der Waals surface area contributed by atoms with Gasteiger partial charge in [-0.3, -0.25) is 4.79 Å². The normalized spacial score (nSPS) is 10.5. The van der Waals surface area contributed by atoms with Crippen LogP contribution in [0, 0.1) is 20.8 Å². The van der Waals surface area contributed by atoms with Gasteiger partial charge >= 0.3 is 0 Å². The van der Waals surface area contributed by atoms with E-state index in [1.807, 2.05) is 32.2 Å². The van der Waals surface area contributed by atoms with Gasteiger partial charge in [0.05, 0.1) is 12.1 Å². The molecule has 0 aliphatic rings. The fraction of sp³-hybridized carbons (Fsp3) is 0.333. The fourth-order valence-corrected chi connectivity index (χ4v) is 3.22. The van der Waals surface area contributed by atoms with Crippen LogP contribution in [0.5, 0.6) is 0 Å². The van der Waals surface area contributed by atoms with Crippen molar-refractivity contribution in [3.05, 3.63) is 37.5 Å². The van der Waals surface area contributed by atoms with E-state index in [4.69, 9.17) is 0 Å². The second kappa shape index (κ2) is 4.98. The first-order valence-electron chi connectivity index (χ1n) is 5.32. The van der Waals surface area contributed by atoms with Crippen molar-refractivity contribution in [1.29, 1.82) is 0 Å². The molecule has 2 aromatic rings. The maximum atomic E-state index is 11.9. The summed E-state index contributed by atoms with van der Waals surface area (Å²) in [6.45, 7) is 6.44. The first kappa shape index (κ1) is 12.3. The van der Waals surface area contributed by atoms with E-state index in [0.717, 1.165) is 26.0 Å². The lowest BCUT2D eigenvalue weighted by atomic mass is 10.2. The first-order chi connectivity index (χ1) is 8.06. The number of carbonyl (C=O) groups excluding carboxylic acids is 1. The lowest BCUT2D eigenvalue weighted by Gasteiger charge is -2.01. The Labute approximate surface area is 109 Å². The molecule has 5 heteroatoms. The quantitative estimate of drug-likeness (QED) is 0.927. The molecule has 0 bridgehead atoms. The molecule has 1 amide bonds. The Bertz CT molecular complexity index is 542. The van der Waals surface area contributed by atoms with Crippen LogP contribution in [0.4, 0.5) is 0 Å². The van der Waals surface area contributed by atoms with Crippen molar-refractivity contribution < 1.29 is 4.79 Å². The van der Waals surface area contributed by atoms with E-state index in [1.54, 1.807) is 22.7 Å². The molecule has 0 unspecified atom stereocenters. The molecular formula is C12H14N2OS2. The van der Waals surface area contributed by atoms with Gasteiger partial charge in [-0.15, -0.1) is 22.7 Å². The predicted molar refractivity (Wildman–Crippen MR) is 71.8 cm³/mol. The maximum absolute atomic E-state index is 11.9. The van der Waals surface area contributed by atoms with Crippen LogP contribution in [-0.4, -0.2) is 10.9 Å². The summed E-state index contributed by atoms with van der Waals surface area (Å²) in [4.78, 5) is 18.5. The van der Waals surface area contributed by atoms with Gasteiger partial charge in [-0.1, -0.05) is 0 Å². The van der Waals surface area contributed by atoms with Crippen LogP contribution in [0.2, 0.25) is 0 Å². The molecule has 1 N–H and O–H groups in total. The SMILES string of the molecule is Cc1csc(CNC(=O)c2cc(C)sc2C)n1. The van der Waals surface area contributed by atoms with E-state index < -0.39 is 0 Å². The summed E-state index contributed by atoms with van der Waals surface area (Å²) in [7, 11) is 0. The van der Waals surface area contributed by atoms with Gasteiger partial charge in [0.1, 0.15) is 5.01 Å². The molecule has 0 aromatic carbocycles. The minimum Gasteiger partial charge on any atom is -0.345 e. The molecule has 3 nitrogen and oxygen atoms in total. The lowest BCUT2D eigenvalue weighted by molar-refractivity contribution is 0.0950. The van der Waals surface area contributed by atoms with Gasteiger partial charge in [0, 0.05) is 20.8 Å². The zero-order valence-corrected chi connectivity index (χ0v) is 11.7. The number of hydrogen-bond donors (Lipinski definition) is 1. The zero-order chi connectivity index (χ0) is 12.4. The molecule has 0 spiro atoms. The summed E-state index contributed by atoms with van der Waals surface area (Å²) < 4.78 is 0. The van der Waals surface area contributed by atoms with E-state index >= 15 is 0 Å². The number of thiazole rings is 1. The molecule has 17 heavy (non-hydrogen) atoms. The largest absolute Gasteiger partial charge is 0.345 e. The first-order valence-corrected chi connectivity index (χ1v) is 7.02. The van der Waals surface area contributed by atoms with Crippen LogP contribution in [0.3, 0.4) is 0 Å². The molecule has 0 radical (unpaired) electrons. The van der Waals surface area contributed by atoms with Gasteiger partial charge in [-0.2, -0.15) is 0 Å². The van der Waals surface area contributed by atoms with E-state index in [2.05, 4.69) is 10.3 Å². The van der Waals surface area contributed by atoms with Crippen LogP contribution in [-0.2, 0) is 6.54 Å². The molecule has 0 atom stereocenters. The van der Waals surface area contributed by atoms with Gasteiger partial charge in [-0.05, 0) is 26.8 Å². The summed E-state index contributed by atoms with van der Waals surface area (Å²) in [6, 6.07) is 1.93. The Hall–Kier alpha value is -1.20. The van der Waals surface area contributed by atoms with E-state index in [9.17, 15) is 4.79 Å². The van der Waals surface area contributed by atoms with E-state index in [0.29, 0.717) is 6.54 Å². The summed E-state index contributed by atoms with van der Waals surface area (Å²) in [5, 5.41) is 5.83. The number of thiophene rings is 1. The molecule has 2 heterocycles. The van der Waals surface area contributed by atoms with Crippen molar-refractivity contribution in [2.24, 2.45) is 0 Å². The number of nitrogens with one attached hydrogen (secondary N) is 1. The highest BCUT2D eigenvalue weighted by atomic mass is 32.1. The highest BCUT2D eigenvalue weighted by Crippen LogP contribution is 2.20. The van der Waals surface area contributed by atoms with E-state index in [1.165, 1.54) is 0 Å². The monoisotopic (exact) mass is 266 g/mol. The van der Waals surface area contributed by atoms with Gasteiger partial charge < -0.3 is 5.32 Å². The maximum Gasteiger partial charge on any atom is 0.252 e. The standard InChI is InChI=1S/C12H14N2OS2/c1-7-6-16-11(14-7)5-13-12(15)10-4-8(2)17-9(10)3/h4,6H,5H2,1-3H3,(H,13,15). The Morgan fingerprint density at radius 3 is 2.71 bits per heavy atom. The van der Waals surface area contributed by atoms with Crippen LogP contribution in [0.15, 0.2) is 11.4 Å². The Morgan fingerprint density at radius 1 is 1.41 bits per heavy atom. The molecule has 0 saturated heterocycles. The van der Waals surface area contributed by atoms with Gasteiger partial charge in [0.2, 0.25) is 0 Å². The lowest BCUT2D eigenvalue weighted by Crippen LogP contribution is -2.22. The number of hydrogen-bond acceptors (Lipinski definition) is 4. The number of rotatable bonds is 3. The number of amides is 1. The third kappa shape index (κ3) is 2.92. The molecular weight excluding hydrogens is 252 g/mol. The summed E-state index contributed by atoms with van der Waals surface area (Å²) in [5.41, 5.74) is 1.78. The Kier molecular flexibility index (Phi) is 3.59. The third-order valence-corrected chi connectivity index (χ3v) is 4.28. The van der Waals surface area contributed by atoms with Crippen molar-refractivity contribution in [3.8, 4) is 0 Å².